The predicted octanol–water partition coefficient (Wildman–Crippen LogP) is 5.64. The van der Waals surface area contributed by atoms with Gasteiger partial charge in [0.05, 0.1) is 16.4 Å². The molecule has 0 unspecified atom stereocenters. The summed E-state index contributed by atoms with van der Waals surface area (Å²) in [7, 11) is 0. The van der Waals surface area contributed by atoms with Gasteiger partial charge in [-0.2, -0.15) is 0 Å². The van der Waals surface area contributed by atoms with Crippen LogP contribution in [0.2, 0.25) is 0 Å². The Balaban J connectivity index is 1.93. The van der Waals surface area contributed by atoms with Crippen LogP contribution in [0.5, 0.6) is 0 Å². The number of hydrogen-bond donors (Lipinski definition) is 1. The van der Waals surface area contributed by atoms with Crippen molar-refractivity contribution in [3.8, 4) is 11.1 Å². The Morgan fingerprint density at radius 3 is 2.36 bits per heavy atom. The van der Waals surface area contributed by atoms with Crippen LogP contribution in [0.15, 0.2) is 88.1 Å². The average Bonchev–Trinajstić information content (AvgIpc) is 3.12. The first kappa shape index (κ1) is 15.2. The van der Waals surface area contributed by atoms with Gasteiger partial charge in [-0.1, -0.05) is 60.7 Å². The summed E-state index contributed by atoms with van der Waals surface area (Å²) in [5.41, 5.74) is 5.15. The molecule has 4 heteroatoms. The van der Waals surface area contributed by atoms with Crippen molar-refractivity contribution in [3.63, 3.8) is 0 Å². The van der Waals surface area contributed by atoms with Gasteiger partial charge in [-0.25, -0.2) is 4.98 Å². The molecule has 132 valence electrons. The summed E-state index contributed by atoms with van der Waals surface area (Å²) in [5.74, 6) is 0. The van der Waals surface area contributed by atoms with Gasteiger partial charge in [0.15, 0.2) is 5.58 Å². The van der Waals surface area contributed by atoms with E-state index in [1.807, 2.05) is 78.9 Å². The van der Waals surface area contributed by atoms with E-state index in [0.717, 1.165) is 33.0 Å². The summed E-state index contributed by atoms with van der Waals surface area (Å²) in [6.07, 6.45) is 0. The van der Waals surface area contributed by atoms with E-state index in [0.29, 0.717) is 22.0 Å². The minimum absolute atomic E-state index is 0.161. The number of nitrogens with zero attached hydrogens (tertiary/aromatic N) is 1. The summed E-state index contributed by atoms with van der Waals surface area (Å²) < 4.78 is 6.13. The van der Waals surface area contributed by atoms with Crippen LogP contribution in [-0.2, 0) is 0 Å². The zero-order valence-electron chi connectivity index (χ0n) is 14.8. The molecule has 0 bridgehead atoms. The number of aromatic nitrogens is 2. The van der Waals surface area contributed by atoms with Crippen molar-refractivity contribution in [2.75, 3.05) is 0 Å². The van der Waals surface area contributed by atoms with E-state index >= 15 is 0 Å². The van der Waals surface area contributed by atoms with Crippen molar-refractivity contribution in [1.82, 2.24) is 9.97 Å². The first-order valence-electron chi connectivity index (χ1n) is 9.12. The Bertz CT molecular complexity index is 1580. The fourth-order valence-electron chi connectivity index (χ4n) is 4.01. The van der Waals surface area contributed by atoms with Crippen LogP contribution in [0.25, 0.3) is 55.0 Å². The average molecular weight is 362 g/mol. The van der Waals surface area contributed by atoms with Crippen molar-refractivity contribution in [2.24, 2.45) is 0 Å². The van der Waals surface area contributed by atoms with Gasteiger partial charge < -0.3 is 9.40 Å². The topological polar surface area (TPSA) is 58.9 Å². The van der Waals surface area contributed by atoms with E-state index in [9.17, 15) is 4.79 Å². The summed E-state index contributed by atoms with van der Waals surface area (Å²) in [6, 6.07) is 25.6. The number of hydrogen-bond acceptors (Lipinski definition) is 3. The molecule has 3 aromatic carbocycles. The van der Waals surface area contributed by atoms with Crippen molar-refractivity contribution in [2.45, 2.75) is 0 Å². The number of para-hydroxylation sites is 2. The molecule has 6 rings (SSSR count). The number of rotatable bonds is 1. The maximum Gasteiger partial charge on any atom is 0.258 e. The zero-order chi connectivity index (χ0) is 18.7. The van der Waals surface area contributed by atoms with Gasteiger partial charge in [0.25, 0.3) is 5.56 Å². The highest BCUT2D eigenvalue weighted by Gasteiger charge is 2.19. The quantitative estimate of drug-likeness (QED) is 0.385. The van der Waals surface area contributed by atoms with Crippen molar-refractivity contribution in [1.29, 1.82) is 0 Å². The molecular weight excluding hydrogens is 348 g/mol. The molecule has 0 fully saturated rings. The zero-order valence-corrected chi connectivity index (χ0v) is 14.8. The van der Waals surface area contributed by atoms with E-state index in [4.69, 9.17) is 9.40 Å². The molecule has 0 saturated heterocycles. The SMILES string of the molecule is O=c1[nH]c2c3ccccc3oc2c2nc3ccccc3c(-c3ccccc3)c12. The second-order valence-electron chi connectivity index (χ2n) is 6.85. The van der Waals surface area contributed by atoms with Crippen LogP contribution in [-0.4, -0.2) is 9.97 Å². The highest BCUT2D eigenvalue weighted by atomic mass is 16.3. The fraction of sp³-hybridized carbons (Fsp3) is 0. The van der Waals surface area contributed by atoms with Crippen LogP contribution in [0.3, 0.4) is 0 Å². The third-order valence-electron chi connectivity index (χ3n) is 5.23. The molecule has 0 aliphatic rings. The standard InChI is InChI=1S/C24H14N2O2/c27-24-20-19(14-8-2-1-3-9-14)15-10-4-6-12-17(15)25-22(20)23-21(26-24)16-11-5-7-13-18(16)28-23/h1-13H,(H,26,27). The molecule has 0 saturated carbocycles. The maximum absolute atomic E-state index is 13.2. The largest absolute Gasteiger partial charge is 0.452 e. The molecule has 3 heterocycles. The van der Waals surface area contributed by atoms with Gasteiger partial charge in [-0.15, -0.1) is 0 Å². The van der Waals surface area contributed by atoms with Gasteiger partial charge in [0, 0.05) is 16.3 Å². The molecule has 0 amide bonds. The highest BCUT2D eigenvalue weighted by molar-refractivity contribution is 6.18. The second kappa shape index (κ2) is 5.54. The Morgan fingerprint density at radius 1 is 0.786 bits per heavy atom. The van der Waals surface area contributed by atoms with Crippen LogP contribution in [0.1, 0.15) is 0 Å². The molecular formula is C24H14N2O2. The Kier molecular flexibility index (Phi) is 3.00. The van der Waals surface area contributed by atoms with E-state index in [1.165, 1.54) is 0 Å². The Labute approximate surface area is 159 Å². The van der Waals surface area contributed by atoms with Crippen LogP contribution >= 0.6 is 0 Å². The lowest BCUT2D eigenvalue weighted by molar-refractivity contribution is 0.671. The van der Waals surface area contributed by atoms with Gasteiger partial charge in [0.2, 0.25) is 0 Å². The van der Waals surface area contributed by atoms with Gasteiger partial charge in [0.1, 0.15) is 11.1 Å². The Morgan fingerprint density at radius 2 is 1.50 bits per heavy atom. The van der Waals surface area contributed by atoms with Gasteiger partial charge in [-0.05, 0) is 23.8 Å². The van der Waals surface area contributed by atoms with Crippen LogP contribution < -0.4 is 5.56 Å². The number of aromatic amines is 1. The smallest absolute Gasteiger partial charge is 0.258 e. The number of fused-ring (bicyclic) bond motifs is 6. The summed E-state index contributed by atoms with van der Waals surface area (Å²) in [6.45, 7) is 0. The molecule has 6 aromatic rings. The Hall–Kier alpha value is -3.92. The summed E-state index contributed by atoms with van der Waals surface area (Å²) in [4.78, 5) is 21.1. The number of nitrogens with one attached hydrogen (secondary N) is 1. The molecule has 0 atom stereocenters. The van der Waals surface area contributed by atoms with Crippen LogP contribution in [0, 0.1) is 0 Å². The summed E-state index contributed by atoms with van der Waals surface area (Å²) >= 11 is 0. The predicted molar refractivity (Wildman–Crippen MR) is 113 cm³/mol. The first-order chi connectivity index (χ1) is 13.8. The number of H-pyrrole nitrogens is 1. The molecule has 4 nitrogen and oxygen atoms in total. The lowest BCUT2D eigenvalue weighted by atomic mass is 9.96. The third kappa shape index (κ3) is 2.00. The maximum atomic E-state index is 13.2. The fourth-order valence-corrected chi connectivity index (χ4v) is 4.01. The number of furan rings is 1. The van der Waals surface area contributed by atoms with Crippen molar-refractivity contribution >= 4 is 43.9 Å². The minimum atomic E-state index is -0.161. The molecule has 0 spiro atoms. The molecule has 3 aromatic heterocycles. The first-order valence-corrected chi connectivity index (χ1v) is 9.12. The van der Waals surface area contributed by atoms with Crippen LogP contribution in [0.4, 0.5) is 0 Å². The lowest BCUT2D eigenvalue weighted by Crippen LogP contribution is -2.08. The molecule has 28 heavy (non-hydrogen) atoms. The van der Waals surface area contributed by atoms with Gasteiger partial charge in [-0.3, -0.25) is 4.79 Å². The minimum Gasteiger partial charge on any atom is -0.452 e. The second-order valence-corrected chi connectivity index (χ2v) is 6.85. The lowest BCUT2D eigenvalue weighted by Gasteiger charge is -2.10. The number of pyridine rings is 2. The monoisotopic (exact) mass is 362 g/mol. The van der Waals surface area contributed by atoms with Crippen molar-refractivity contribution < 1.29 is 4.42 Å². The molecule has 1 N–H and O–H groups in total. The third-order valence-corrected chi connectivity index (χ3v) is 5.23. The molecule has 0 aliphatic heterocycles. The van der Waals surface area contributed by atoms with E-state index in [2.05, 4.69) is 4.98 Å². The number of benzene rings is 3. The van der Waals surface area contributed by atoms with Gasteiger partial charge >= 0.3 is 0 Å². The molecule has 0 radical (unpaired) electrons. The normalized spacial score (nSPS) is 11.7. The van der Waals surface area contributed by atoms with E-state index < -0.39 is 0 Å². The van der Waals surface area contributed by atoms with Crippen molar-refractivity contribution in [3.05, 3.63) is 89.2 Å². The van der Waals surface area contributed by atoms with E-state index in [-0.39, 0.29) is 5.56 Å². The van der Waals surface area contributed by atoms with E-state index in [1.54, 1.807) is 0 Å². The highest BCUT2D eigenvalue weighted by Crippen LogP contribution is 2.37. The summed E-state index contributed by atoms with van der Waals surface area (Å²) in [5, 5.41) is 2.38. The molecule has 0 aliphatic carbocycles.